The number of fused-ring (bicyclic) bond motifs is 7. The Balaban J connectivity index is 1.38. The van der Waals surface area contributed by atoms with Crippen molar-refractivity contribution < 1.29 is 8.39 Å². The van der Waals surface area contributed by atoms with E-state index in [1.165, 1.54) is 69.7 Å². The molecule has 1 fully saturated rings. The molecule has 1 saturated carbocycles. The van der Waals surface area contributed by atoms with Crippen LogP contribution in [0.1, 0.15) is 54.5 Å². The van der Waals surface area contributed by atoms with Crippen LogP contribution < -0.4 is 4.67 Å². The van der Waals surface area contributed by atoms with Crippen molar-refractivity contribution in [2.24, 2.45) is 5.92 Å². The van der Waals surface area contributed by atoms with Crippen LogP contribution in [0.4, 0.5) is 0 Å². The molecule has 9 rings (SSSR count). The highest BCUT2D eigenvalue weighted by Crippen LogP contribution is 2.53. The van der Waals surface area contributed by atoms with Gasteiger partial charge in [0.05, 0.1) is 18.4 Å². The van der Waals surface area contributed by atoms with Crippen molar-refractivity contribution in [1.82, 2.24) is 0 Å². The first-order valence-corrected chi connectivity index (χ1v) is 23.9. The quantitative estimate of drug-likeness (QED) is 0.106. The van der Waals surface area contributed by atoms with Crippen molar-refractivity contribution in [1.29, 1.82) is 0 Å². The maximum Gasteiger partial charge on any atom is 0.310 e. The smallest absolute Gasteiger partial charge is 0.310 e. The monoisotopic (exact) mass is 1040 g/mol. The average molecular weight is 1050 g/mol. The number of thioether (sulfide) groups is 1. The molecule has 1 aliphatic rings. The second-order valence-electron chi connectivity index (χ2n) is 14.4. The van der Waals surface area contributed by atoms with Gasteiger partial charge in [0.25, 0.3) is 0 Å². The summed E-state index contributed by atoms with van der Waals surface area (Å²) in [6, 6.07) is 52.9. The molecule has 0 radical (unpaired) electrons. The van der Waals surface area contributed by atoms with E-state index < -0.39 is 8.16 Å². The minimum absolute atomic E-state index is 0.0385. The minimum Gasteiger partial charge on any atom is -0.407 e. The van der Waals surface area contributed by atoms with Gasteiger partial charge in [-0.1, -0.05) is 144 Å². The zero-order valence-corrected chi connectivity index (χ0v) is 37.7. The molecule has 0 N–H and O–H groups in total. The lowest BCUT2D eigenvalue weighted by Crippen LogP contribution is -2.34. The number of halogens is 3. The Morgan fingerprint density at radius 3 is 1.71 bits per heavy atom. The molecule has 7 aromatic carbocycles. The van der Waals surface area contributed by atoms with E-state index in [0.29, 0.717) is 5.92 Å². The molecule has 8 heteroatoms. The van der Waals surface area contributed by atoms with E-state index >= 15 is 0 Å². The second-order valence-corrected chi connectivity index (χ2v) is 20.2. The second kappa shape index (κ2) is 17.0. The predicted octanol–water partition coefficient (Wildman–Crippen LogP) is 16.4. The van der Waals surface area contributed by atoms with Gasteiger partial charge in [0.1, 0.15) is 0 Å². The van der Waals surface area contributed by atoms with Crippen LogP contribution in [0.3, 0.4) is 0 Å². The molecule has 276 valence electrons. The lowest BCUT2D eigenvalue weighted by atomic mass is 9.88. The third-order valence-corrected chi connectivity index (χ3v) is 15.8. The van der Waals surface area contributed by atoms with Crippen LogP contribution >= 0.6 is 81.0 Å². The summed E-state index contributed by atoms with van der Waals surface area (Å²) >= 11 is 10.6. The fourth-order valence-corrected chi connectivity index (χ4v) is 13.4. The maximum absolute atomic E-state index is 7.58. The molecular weight excluding hydrogens is 1010 g/mol. The first kappa shape index (κ1) is 37.8. The molecule has 0 saturated heterocycles. The zero-order valence-electron chi connectivity index (χ0n) is 30.1. The van der Waals surface area contributed by atoms with Crippen molar-refractivity contribution in [3.63, 3.8) is 0 Å². The highest BCUT2D eigenvalue weighted by Gasteiger charge is 2.37. The number of nitrogens with zero attached hydrogens (tertiary/aromatic N) is 1. The van der Waals surface area contributed by atoms with E-state index in [4.69, 9.17) is 8.39 Å². The van der Waals surface area contributed by atoms with E-state index in [0.717, 1.165) is 40.1 Å². The van der Waals surface area contributed by atoms with Gasteiger partial charge in [-0.3, -0.25) is 0 Å². The lowest BCUT2D eigenvalue weighted by molar-refractivity contribution is 0.351. The van der Waals surface area contributed by atoms with Crippen LogP contribution in [0.15, 0.2) is 163 Å². The standard InChI is InChI=1S/C47H39BrI2NO2PS/c48-36-24-26-37(27-25-36)55-47(33-18-8-3-9-19-33)44(32-16-6-2-7-17-32)51(30-31-14-4-1-5-15-31)54-52-45-40(49)28-34-20-10-12-22-38(34)42(45)43-39-23-13-11-21-35(39)29-41(50)46(43)53-54/h2-3,6-13,16-29,31,44,47H,1,4-5,14-15,30H2/t44-,47+/m0/s1. The van der Waals surface area contributed by atoms with Crippen molar-refractivity contribution in [2.45, 2.75) is 48.3 Å². The molecule has 1 heterocycles. The topological polar surface area (TPSA) is 29.5 Å². The van der Waals surface area contributed by atoms with Gasteiger partial charge in [-0.25, -0.2) is 0 Å². The zero-order chi connectivity index (χ0) is 37.3. The summed E-state index contributed by atoms with van der Waals surface area (Å²) in [5.41, 5.74) is 4.37. The minimum atomic E-state index is -1.67. The summed E-state index contributed by atoms with van der Waals surface area (Å²) in [7, 11) is -1.67. The van der Waals surface area contributed by atoms with Crippen LogP contribution in [-0.2, 0) is 0 Å². The normalized spacial score (nSPS) is 14.9. The summed E-state index contributed by atoms with van der Waals surface area (Å²) in [6.07, 6.45) is 6.28. The van der Waals surface area contributed by atoms with E-state index in [-0.39, 0.29) is 11.3 Å². The fraction of sp³-hybridized carbons (Fsp3) is 0.191. The summed E-state index contributed by atoms with van der Waals surface area (Å²) in [5.74, 6) is 0.539. The van der Waals surface area contributed by atoms with Crippen LogP contribution in [0.2, 0.25) is 0 Å². The first-order valence-electron chi connectivity index (χ1n) is 18.9. The number of rotatable bonds is 9. The van der Waals surface area contributed by atoms with Gasteiger partial charge in [0, 0.05) is 26.7 Å². The molecule has 55 heavy (non-hydrogen) atoms. The summed E-state index contributed by atoms with van der Waals surface area (Å²) in [5, 5.41) is 7.04. The van der Waals surface area contributed by atoms with E-state index in [9.17, 15) is 0 Å². The maximum atomic E-state index is 7.58. The molecule has 0 unspecified atom stereocenters. The molecule has 0 bridgehead atoms. The molecule has 1 aromatic heterocycles. The van der Waals surface area contributed by atoms with Crippen molar-refractivity contribution in [2.75, 3.05) is 11.2 Å². The Bertz CT molecular complexity index is 2550. The van der Waals surface area contributed by atoms with Gasteiger partial charge in [-0.2, -0.15) is 4.67 Å². The predicted molar refractivity (Wildman–Crippen MR) is 255 cm³/mol. The molecular formula is C47H39BrI2NO2PS. The Morgan fingerprint density at radius 2 is 1.15 bits per heavy atom. The Hall–Kier alpha value is -2.79. The first-order chi connectivity index (χ1) is 27.0. The number of hydrogen-bond donors (Lipinski definition) is 0. The van der Waals surface area contributed by atoms with Gasteiger partial charge in [0.2, 0.25) is 0 Å². The van der Waals surface area contributed by atoms with Crippen molar-refractivity contribution in [3.8, 4) is 0 Å². The van der Waals surface area contributed by atoms with Crippen LogP contribution in [0.5, 0.6) is 0 Å². The molecule has 1 aliphatic carbocycles. The van der Waals surface area contributed by atoms with Crippen LogP contribution in [0.25, 0.3) is 43.5 Å². The highest BCUT2D eigenvalue weighted by atomic mass is 127. The summed E-state index contributed by atoms with van der Waals surface area (Å²) < 4.78 is 21.1. The van der Waals surface area contributed by atoms with Crippen LogP contribution in [-0.4, -0.2) is 6.54 Å². The SMILES string of the molecule is Brc1ccc(S[C@H](c2ccccc2)[C@H](c2ccccc2)N(CC2CCCCC2)p2oc3c(I)cc4ccccc4c3c3c(o2)c(I)cc2ccccc23)cc1. The number of hydrogen-bond acceptors (Lipinski definition) is 4. The van der Waals surface area contributed by atoms with Gasteiger partial charge in [-0.15, -0.1) is 11.8 Å². The summed E-state index contributed by atoms with van der Waals surface area (Å²) in [4.78, 5) is 1.23. The van der Waals surface area contributed by atoms with Gasteiger partial charge < -0.3 is 8.39 Å². The highest BCUT2D eigenvalue weighted by molar-refractivity contribution is 14.1. The number of benzene rings is 7. The third kappa shape index (κ3) is 7.91. The molecule has 0 aliphatic heterocycles. The van der Waals surface area contributed by atoms with E-state index in [2.05, 4.69) is 211 Å². The Morgan fingerprint density at radius 1 is 0.636 bits per heavy atom. The molecule has 0 amide bonds. The lowest BCUT2D eigenvalue weighted by Gasteiger charge is -2.37. The molecule has 8 aromatic rings. The Kier molecular flexibility index (Phi) is 11.7. The van der Waals surface area contributed by atoms with Gasteiger partial charge in [-0.05, 0) is 133 Å². The van der Waals surface area contributed by atoms with Gasteiger partial charge in [0.15, 0.2) is 11.2 Å². The largest absolute Gasteiger partial charge is 0.407 e. The third-order valence-electron chi connectivity index (χ3n) is 10.8. The van der Waals surface area contributed by atoms with E-state index in [1.54, 1.807) is 0 Å². The average Bonchev–Trinajstić information content (AvgIpc) is 3.41. The summed E-state index contributed by atoms with van der Waals surface area (Å²) in [6.45, 7) is 0.883. The molecule has 0 spiro atoms. The van der Waals surface area contributed by atoms with E-state index in [1.807, 2.05) is 11.8 Å². The van der Waals surface area contributed by atoms with Crippen molar-refractivity contribution >= 4 is 125 Å². The van der Waals surface area contributed by atoms with Crippen molar-refractivity contribution in [3.05, 3.63) is 168 Å². The molecule has 3 nitrogen and oxygen atoms in total. The van der Waals surface area contributed by atoms with Gasteiger partial charge >= 0.3 is 8.16 Å². The molecule has 2 atom stereocenters. The Labute approximate surface area is 363 Å². The van der Waals surface area contributed by atoms with Crippen LogP contribution in [0, 0.1) is 13.1 Å². The fourth-order valence-electron chi connectivity index (χ4n) is 8.23.